The molecule has 0 bridgehead atoms. The second kappa shape index (κ2) is 9.21. The Morgan fingerprint density at radius 2 is 1.72 bits per heavy atom. The Bertz CT molecular complexity index is 673. The van der Waals surface area contributed by atoms with E-state index in [1.807, 2.05) is 37.3 Å². The highest BCUT2D eigenvalue weighted by Crippen LogP contribution is 2.23. The van der Waals surface area contributed by atoms with Crippen LogP contribution < -0.4 is 10.1 Å². The van der Waals surface area contributed by atoms with E-state index in [2.05, 4.69) is 19.2 Å². The molecule has 1 N–H and O–H groups in total. The SMILES string of the molecule is CC[C@H](Oc1ccccc1F)C(=O)N[C@H](CC(C)C)c1ccccc1. The number of benzene rings is 2. The van der Waals surface area contributed by atoms with E-state index < -0.39 is 11.9 Å². The summed E-state index contributed by atoms with van der Waals surface area (Å²) >= 11 is 0. The lowest BCUT2D eigenvalue weighted by Gasteiger charge is -2.24. The van der Waals surface area contributed by atoms with Crippen LogP contribution in [-0.2, 0) is 4.79 Å². The van der Waals surface area contributed by atoms with Crippen molar-refractivity contribution in [3.63, 3.8) is 0 Å². The molecule has 134 valence electrons. The van der Waals surface area contributed by atoms with Crippen molar-refractivity contribution in [2.75, 3.05) is 0 Å². The number of amides is 1. The maximum atomic E-state index is 13.8. The minimum Gasteiger partial charge on any atom is -0.478 e. The average Bonchev–Trinajstić information content (AvgIpc) is 2.60. The molecule has 0 heterocycles. The van der Waals surface area contributed by atoms with Crippen LogP contribution in [0.1, 0.15) is 45.2 Å². The van der Waals surface area contributed by atoms with Crippen LogP contribution in [0.3, 0.4) is 0 Å². The summed E-state index contributed by atoms with van der Waals surface area (Å²) in [5, 5.41) is 3.07. The van der Waals surface area contributed by atoms with Gasteiger partial charge >= 0.3 is 0 Å². The molecule has 4 heteroatoms. The Hall–Kier alpha value is -2.36. The third-order valence-corrected chi connectivity index (χ3v) is 3.99. The molecule has 0 saturated carbocycles. The summed E-state index contributed by atoms with van der Waals surface area (Å²) in [4.78, 5) is 12.7. The van der Waals surface area contributed by atoms with E-state index in [1.54, 1.807) is 12.1 Å². The summed E-state index contributed by atoms with van der Waals surface area (Å²) in [5.74, 6) is -0.154. The fourth-order valence-electron chi connectivity index (χ4n) is 2.72. The first-order valence-corrected chi connectivity index (χ1v) is 8.77. The zero-order chi connectivity index (χ0) is 18.2. The maximum absolute atomic E-state index is 13.8. The molecule has 0 spiro atoms. The molecule has 0 fully saturated rings. The van der Waals surface area contributed by atoms with Gasteiger partial charge < -0.3 is 10.1 Å². The van der Waals surface area contributed by atoms with Crippen molar-refractivity contribution in [2.45, 2.75) is 45.8 Å². The summed E-state index contributed by atoms with van der Waals surface area (Å²) in [6, 6.07) is 15.9. The molecule has 2 aromatic carbocycles. The predicted octanol–water partition coefficient (Wildman–Crippen LogP) is 4.89. The van der Waals surface area contributed by atoms with E-state index in [1.165, 1.54) is 12.1 Å². The zero-order valence-electron chi connectivity index (χ0n) is 15.0. The number of ether oxygens (including phenoxy) is 1. The van der Waals surface area contributed by atoms with E-state index in [9.17, 15) is 9.18 Å². The Labute approximate surface area is 149 Å². The van der Waals surface area contributed by atoms with Crippen LogP contribution in [0.15, 0.2) is 54.6 Å². The molecule has 0 radical (unpaired) electrons. The van der Waals surface area contributed by atoms with Crippen LogP contribution in [0.25, 0.3) is 0 Å². The number of hydrogen-bond acceptors (Lipinski definition) is 2. The molecule has 2 atom stereocenters. The first kappa shape index (κ1) is 19.0. The molecule has 3 nitrogen and oxygen atoms in total. The molecule has 0 aliphatic carbocycles. The number of nitrogens with one attached hydrogen (secondary N) is 1. The van der Waals surface area contributed by atoms with Crippen molar-refractivity contribution in [3.05, 3.63) is 66.0 Å². The molecule has 0 aromatic heterocycles. The van der Waals surface area contributed by atoms with Gasteiger partial charge in [0.25, 0.3) is 5.91 Å². The molecular formula is C21H26FNO2. The van der Waals surface area contributed by atoms with E-state index in [4.69, 9.17) is 4.74 Å². The van der Waals surface area contributed by atoms with E-state index in [-0.39, 0.29) is 17.7 Å². The molecule has 0 aliphatic rings. The predicted molar refractivity (Wildman–Crippen MR) is 97.9 cm³/mol. The third kappa shape index (κ3) is 5.59. The Balaban J connectivity index is 2.11. The van der Waals surface area contributed by atoms with Gasteiger partial charge in [0.2, 0.25) is 0 Å². The molecule has 25 heavy (non-hydrogen) atoms. The van der Waals surface area contributed by atoms with Crippen molar-refractivity contribution in [1.82, 2.24) is 5.32 Å². The van der Waals surface area contributed by atoms with Crippen LogP contribution in [-0.4, -0.2) is 12.0 Å². The minimum absolute atomic E-state index is 0.0908. The molecule has 1 amide bonds. The number of carbonyl (C=O) groups is 1. The highest BCUT2D eigenvalue weighted by atomic mass is 19.1. The van der Waals surface area contributed by atoms with Gasteiger partial charge in [0.05, 0.1) is 6.04 Å². The van der Waals surface area contributed by atoms with Gasteiger partial charge in [-0.25, -0.2) is 4.39 Å². The topological polar surface area (TPSA) is 38.3 Å². The van der Waals surface area contributed by atoms with Crippen LogP contribution >= 0.6 is 0 Å². The largest absolute Gasteiger partial charge is 0.478 e. The highest BCUT2D eigenvalue weighted by molar-refractivity contribution is 5.81. The minimum atomic E-state index is -0.727. The lowest BCUT2D eigenvalue weighted by atomic mass is 9.96. The van der Waals surface area contributed by atoms with Gasteiger partial charge in [0, 0.05) is 0 Å². The normalized spacial score (nSPS) is 13.3. The van der Waals surface area contributed by atoms with Crippen molar-refractivity contribution >= 4 is 5.91 Å². The third-order valence-electron chi connectivity index (χ3n) is 3.99. The van der Waals surface area contributed by atoms with Gasteiger partial charge in [0.1, 0.15) is 0 Å². The summed E-state index contributed by atoms with van der Waals surface area (Å²) in [7, 11) is 0. The lowest BCUT2D eigenvalue weighted by Crippen LogP contribution is -2.40. The van der Waals surface area contributed by atoms with Gasteiger partial charge in [-0.2, -0.15) is 0 Å². The molecule has 0 aliphatic heterocycles. The quantitative estimate of drug-likeness (QED) is 0.741. The number of carbonyl (C=O) groups excluding carboxylic acids is 1. The fourth-order valence-corrected chi connectivity index (χ4v) is 2.72. The zero-order valence-corrected chi connectivity index (χ0v) is 15.0. The van der Waals surface area contributed by atoms with Crippen molar-refractivity contribution in [3.8, 4) is 5.75 Å². The van der Waals surface area contributed by atoms with E-state index in [0.717, 1.165) is 12.0 Å². The Morgan fingerprint density at radius 3 is 2.32 bits per heavy atom. The molecule has 2 rings (SSSR count). The summed E-state index contributed by atoms with van der Waals surface area (Å²) in [6.45, 7) is 6.09. The van der Waals surface area contributed by atoms with Crippen LogP contribution in [0.4, 0.5) is 4.39 Å². The average molecular weight is 343 g/mol. The van der Waals surface area contributed by atoms with Gasteiger partial charge in [-0.1, -0.05) is 63.2 Å². The molecule has 2 aromatic rings. The fraction of sp³-hybridized carbons (Fsp3) is 0.381. The monoisotopic (exact) mass is 343 g/mol. The number of hydrogen-bond donors (Lipinski definition) is 1. The van der Waals surface area contributed by atoms with Gasteiger partial charge in [-0.15, -0.1) is 0 Å². The second-order valence-corrected chi connectivity index (χ2v) is 6.55. The van der Waals surface area contributed by atoms with E-state index >= 15 is 0 Å². The van der Waals surface area contributed by atoms with Crippen LogP contribution in [0.5, 0.6) is 5.75 Å². The smallest absolute Gasteiger partial charge is 0.261 e. The highest BCUT2D eigenvalue weighted by Gasteiger charge is 2.24. The molecule has 0 unspecified atom stereocenters. The summed E-state index contributed by atoms with van der Waals surface area (Å²) < 4.78 is 19.4. The summed E-state index contributed by atoms with van der Waals surface area (Å²) in [5.41, 5.74) is 1.06. The number of rotatable bonds is 8. The van der Waals surface area contributed by atoms with Gasteiger partial charge in [-0.05, 0) is 36.5 Å². The lowest BCUT2D eigenvalue weighted by molar-refractivity contribution is -0.129. The first-order valence-electron chi connectivity index (χ1n) is 8.77. The Kier molecular flexibility index (Phi) is 6.99. The molecular weight excluding hydrogens is 317 g/mol. The first-order chi connectivity index (χ1) is 12.0. The van der Waals surface area contributed by atoms with Crippen molar-refractivity contribution in [1.29, 1.82) is 0 Å². The number of halogens is 1. The Morgan fingerprint density at radius 1 is 1.08 bits per heavy atom. The standard InChI is InChI=1S/C21H26FNO2/c1-4-19(25-20-13-9-8-12-17(20)22)21(24)23-18(14-15(2)3)16-10-6-5-7-11-16/h5-13,15,18-19H,4,14H2,1-3H3,(H,23,24)/t18-,19+/m1/s1. The van der Waals surface area contributed by atoms with Crippen molar-refractivity contribution in [2.24, 2.45) is 5.92 Å². The van der Waals surface area contributed by atoms with Crippen LogP contribution in [0, 0.1) is 11.7 Å². The van der Waals surface area contributed by atoms with E-state index in [0.29, 0.717) is 12.3 Å². The molecule has 0 saturated heterocycles. The second-order valence-electron chi connectivity index (χ2n) is 6.55. The van der Waals surface area contributed by atoms with Crippen LogP contribution in [0.2, 0.25) is 0 Å². The van der Waals surface area contributed by atoms with Crippen molar-refractivity contribution < 1.29 is 13.9 Å². The van der Waals surface area contributed by atoms with Gasteiger partial charge in [0.15, 0.2) is 17.7 Å². The number of para-hydroxylation sites is 1. The summed E-state index contributed by atoms with van der Waals surface area (Å²) in [6.07, 6.45) is 0.560. The maximum Gasteiger partial charge on any atom is 0.261 e. The van der Waals surface area contributed by atoms with Gasteiger partial charge in [-0.3, -0.25) is 4.79 Å².